The number of tetrazole rings is 1. The molecule has 2 aromatic heterocycles. The number of hydrogen-bond acceptors (Lipinski definition) is 12. The lowest BCUT2D eigenvalue weighted by Crippen LogP contribution is -2.54. The molecule has 0 N–H and O–H groups in total. The molecular formula is C27H44N6O8. The number of esters is 1. The van der Waals surface area contributed by atoms with E-state index >= 15 is 0 Å². The third-order valence-corrected chi connectivity index (χ3v) is 4.84. The van der Waals surface area contributed by atoms with E-state index in [0.717, 1.165) is 6.42 Å². The van der Waals surface area contributed by atoms with Crippen molar-refractivity contribution in [2.45, 2.75) is 131 Å². The van der Waals surface area contributed by atoms with Crippen molar-refractivity contribution in [3.8, 4) is 17.5 Å². The van der Waals surface area contributed by atoms with Crippen LogP contribution in [-0.4, -0.2) is 77.4 Å². The smallest absolute Gasteiger partial charge is 0.420 e. The maximum Gasteiger partial charge on any atom is 0.420 e. The van der Waals surface area contributed by atoms with Gasteiger partial charge in [0.15, 0.2) is 0 Å². The van der Waals surface area contributed by atoms with Crippen LogP contribution in [0.5, 0.6) is 5.88 Å². The van der Waals surface area contributed by atoms with E-state index in [2.05, 4.69) is 20.7 Å². The predicted octanol–water partition coefficient (Wildman–Crippen LogP) is 4.95. The van der Waals surface area contributed by atoms with Crippen LogP contribution in [0.1, 0.15) is 95.1 Å². The van der Waals surface area contributed by atoms with Gasteiger partial charge in [-0.2, -0.15) is 4.90 Å². The van der Waals surface area contributed by atoms with E-state index in [4.69, 9.17) is 23.5 Å². The van der Waals surface area contributed by atoms with Crippen LogP contribution >= 0.6 is 0 Å². The monoisotopic (exact) mass is 580 g/mol. The number of nitrogens with zero attached hydrogens (tertiary/aromatic N) is 6. The zero-order valence-electron chi connectivity index (χ0n) is 26.2. The summed E-state index contributed by atoms with van der Waals surface area (Å²) < 4.78 is 29.8. The van der Waals surface area contributed by atoms with Crippen LogP contribution in [0.15, 0.2) is 4.52 Å². The highest BCUT2D eigenvalue weighted by molar-refractivity contribution is 5.94. The number of aromatic nitrogens is 5. The van der Waals surface area contributed by atoms with Crippen molar-refractivity contribution in [2.75, 3.05) is 0 Å². The number of imide groups is 1. The highest BCUT2D eigenvalue weighted by Gasteiger charge is 2.44. The number of hydrogen-bond donors (Lipinski definition) is 0. The van der Waals surface area contributed by atoms with Crippen molar-refractivity contribution in [2.24, 2.45) is 0 Å². The normalized spacial score (nSPS) is 13.1. The predicted molar refractivity (Wildman–Crippen MR) is 147 cm³/mol. The van der Waals surface area contributed by atoms with Gasteiger partial charge in [0, 0.05) is 13.0 Å². The number of carbonyl (C=O) groups is 3. The van der Waals surface area contributed by atoms with E-state index in [9.17, 15) is 14.4 Å². The minimum atomic E-state index is -1.57. The summed E-state index contributed by atoms with van der Waals surface area (Å²) in [6.07, 6.45) is -2.12. The first kappa shape index (κ1) is 33.5. The molecule has 0 bridgehead atoms. The molecule has 230 valence electrons. The molecule has 0 aromatic carbocycles. The molecule has 0 fully saturated rings. The summed E-state index contributed by atoms with van der Waals surface area (Å²) in [5, 5.41) is 15.9. The minimum Gasteiger partial charge on any atom is -0.473 e. The molecule has 14 nitrogen and oxygen atoms in total. The number of amides is 2. The fraction of sp³-hybridized carbons (Fsp3) is 0.741. The second kappa shape index (κ2) is 12.9. The van der Waals surface area contributed by atoms with Crippen LogP contribution in [0.25, 0.3) is 11.6 Å². The molecule has 14 heteroatoms. The van der Waals surface area contributed by atoms with Gasteiger partial charge in [-0.3, -0.25) is 0 Å². The average molecular weight is 581 g/mol. The minimum absolute atomic E-state index is 0.0444. The molecule has 0 aliphatic rings. The third-order valence-electron chi connectivity index (χ3n) is 4.84. The zero-order valence-corrected chi connectivity index (χ0v) is 26.2. The Kier molecular flexibility index (Phi) is 10.5. The van der Waals surface area contributed by atoms with Gasteiger partial charge in [-0.1, -0.05) is 6.92 Å². The van der Waals surface area contributed by atoms with E-state index in [0.29, 0.717) is 11.4 Å². The molecule has 2 heterocycles. The molecule has 2 amide bonds. The van der Waals surface area contributed by atoms with E-state index in [-0.39, 0.29) is 35.6 Å². The molecule has 0 saturated carbocycles. The standard InChI is InChI=1S/C27H44N6O8/c1-13-14-32-20(28-30-31-32)19-17(21(29-41-19)37-16(2)3)15-18(22(34)38-25(4,5)6)33(23(35)39-26(7,8)9)24(36)40-27(10,11)12/h16,18H,13-15H2,1-12H3. The Morgan fingerprint density at radius 3 is 1.90 bits per heavy atom. The Morgan fingerprint density at radius 1 is 0.902 bits per heavy atom. The molecule has 0 aliphatic carbocycles. The summed E-state index contributed by atoms with van der Waals surface area (Å²) >= 11 is 0. The quantitative estimate of drug-likeness (QED) is 0.290. The van der Waals surface area contributed by atoms with Gasteiger partial charge >= 0.3 is 18.2 Å². The summed E-state index contributed by atoms with van der Waals surface area (Å²) in [4.78, 5) is 41.4. The van der Waals surface area contributed by atoms with Gasteiger partial charge in [0.1, 0.15) is 22.8 Å². The summed E-state index contributed by atoms with van der Waals surface area (Å²) in [7, 11) is 0. The first-order chi connectivity index (χ1) is 18.7. The fourth-order valence-electron chi connectivity index (χ4n) is 3.49. The van der Waals surface area contributed by atoms with E-state index in [1.807, 2.05) is 6.92 Å². The molecule has 2 aromatic rings. The molecule has 41 heavy (non-hydrogen) atoms. The maximum atomic E-state index is 13.8. The second-order valence-corrected chi connectivity index (χ2v) is 12.8. The van der Waals surface area contributed by atoms with Gasteiger partial charge in [-0.15, -0.1) is 5.10 Å². The zero-order chi connectivity index (χ0) is 31.3. The summed E-state index contributed by atoms with van der Waals surface area (Å²) in [6, 6.07) is -1.57. The molecule has 1 unspecified atom stereocenters. The molecule has 2 rings (SSSR count). The van der Waals surface area contributed by atoms with Crippen LogP contribution in [0.4, 0.5) is 9.59 Å². The summed E-state index contributed by atoms with van der Waals surface area (Å²) in [5.41, 5.74) is -2.69. The van der Waals surface area contributed by atoms with Crippen molar-refractivity contribution >= 4 is 18.2 Å². The van der Waals surface area contributed by atoms with E-state index in [1.165, 1.54) is 4.68 Å². The van der Waals surface area contributed by atoms with Crippen LogP contribution < -0.4 is 4.74 Å². The van der Waals surface area contributed by atoms with Crippen LogP contribution in [-0.2, 0) is 32.0 Å². The van der Waals surface area contributed by atoms with Gasteiger partial charge in [-0.05, 0) is 98.2 Å². The Morgan fingerprint density at radius 2 is 1.44 bits per heavy atom. The van der Waals surface area contributed by atoms with Gasteiger partial charge in [0.05, 0.1) is 11.7 Å². The van der Waals surface area contributed by atoms with Gasteiger partial charge < -0.3 is 23.5 Å². The lowest BCUT2D eigenvalue weighted by atomic mass is 10.0. The number of ether oxygens (including phenoxy) is 4. The van der Waals surface area contributed by atoms with Crippen molar-refractivity contribution in [3.63, 3.8) is 0 Å². The van der Waals surface area contributed by atoms with Gasteiger partial charge in [0.25, 0.3) is 5.88 Å². The van der Waals surface area contributed by atoms with Crippen molar-refractivity contribution in [1.82, 2.24) is 30.3 Å². The fourth-order valence-corrected chi connectivity index (χ4v) is 3.49. The molecule has 0 spiro atoms. The first-order valence-corrected chi connectivity index (χ1v) is 13.6. The second-order valence-electron chi connectivity index (χ2n) is 12.8. The SMILES string of the molecule is CCCn1nnnc1-c1onc(OC(C)C)c1CC(C(=O)OC(C)(C)C)N(C(=O)OC(C)(C)C)C(=O)OC(C)(C)C. The summed E-state index contributed by atoms with van der Waals surface area (Å²) in [6.45, 7) is 20.9. The van der Waals surface area contributed by atoms with Gasteiger partial charge in [0.2, 0.25) is 11.6 Å². The maximum absolute atomic E-state index is 13.8. The van der Waals surface area contributed by atoms with Crippen LogP contribution in [0, 0.1) is 0 Å². The van der Waals surface area contributed by atoms with Gasteiger partial charge in [-0.25, -0.2) is 19.1 Å². The lowest BCUT2D eigenvalue weighted by molar-refractivity contribution is -0.161. The van der Waals surface area contributed by atoms with E-state index in [1.54, 1.807) is 76.2 Å². The van der Waals surface area contributed by atoms with Crippen molar-refractivity contribution in [1.29, 1.82) is 0 Å². The first-order valence-electron chi connectivity index (χ1n) is 13.6. The Labute approximate surface area is 241 Å². The largest absolute Gasteiger partial charge is 0.473 e. The van der Waals surface area contributed by atoms with Crippen LogP contribution in [0.2, 0.25) is 0 Å². The topological polar surface area (TPSA) is 161 Å². The average Bonchev–Trinajstić information content (AvgIpc) is 3.36. The molecule has 1 atom stereocenters. The Hall–Kier alpha value is -3.71. The lowest BCUT2D eigenvalue weighted by Gasteiger charge is -2.33. The summed E-state index contributed by atoms with van der Waals surface area (Å²) in [5.74, 6) is -0.495. The Balaban J connectivity index is 2.77. The van der Waals surface area contributed by atoms with Crippen molar-refractivity contribution in [3.05, 3.63) is 5.56 Å². The number of rotatable bonds is 9. The number of carbonyl (C=O) groups excluding carboxylic acids is 3. The number of aryl methyl sites for hydroxylation is 1. The molecule has 0 aliphatic heterocycles. The van der Waals surface area contributed by atoms with Crippen molar-refractivity contribution < 1.29 is 37.9 Å². The third kappa shape index (κ3) is 10.0. The molecule has 0 saturated heterocycles. The molecule has 0 radical (unpaired) electrons. The van der Waals surface area contributed by atoms with E-state index < -0.39 is 41.0 Å². The highest BCUT2D eigenvalue weighted by atomic mass is 16.6. The Bertz CT molecular complexity index is 1170. The van der Waals surface area contributed by atoms with Crippen LogP contribution in [0.3, 0.4) is 0 Å². The highest BCUT2D eigenvalue weighted by Crippen LogP contribution is 2.33. The molecular weight excluding hydrogens is 536 g/mol.